The van der Waals surface area contributed by atoms with Crippen molar-refractivity contribution < 1.29 is 4.74 Å². The Hall–Kier alpha value is -1.51. The van der Waals surface area contributed by atoms with Crippen LogP contribution in [0.4, 0.5) is 0 Å². The molecule has 0 aliphatic heterocycles. The van der Waals surface area contributed by atoms with Crippen LogP contribution >= 0.6 is 12.4 Å². The van der Waals surface area contributed by atoms with Crippen molar-refractivity contribution in [2.75, 3.05) is 0 Å². The van der Waals surface area contributed by atoms with Gasteiger partial charge in [-0.05, 0) is 74.3 Å². The zero-order valence-corrected chi connectivity index (χ0v) is 19.4. The summed E-state index contributed by atoms with van der Waals surface area (Å²) >= 11 is 0. The number of ether oxygens (including phenoxy) is 1. The van der Waals surface area contributed by atoms with Gasteiger partial charge in [-0.15, -0.1) is 12.4 Å². The second-order valence-corrected chi connectivity index (χ2v) is 9.16. The quantitative estimate of drug-likeness (QED) is 0.523. The Morgan fingerprint density at radius 1 is 0.857 bits per heavy atom. The van der Waals surface area contributed by atoms with Crippen molar-refractivity contribution in [3.8, 4) is 5.75 Å². The monoisotopic (exact) mass is 403 g/mol. The van der Waals surface area contributed by atoms with Gasteiger partial charge in [0, 0.05) is 11.1 Å². The first-order valence-corrected chi connectivity index (χ1v) is 10.2. The topological polar surface area (TPSA) is 35.2 Å². The highest BCUT2D eigenvalue weighted by atomic mass is 35.5. The van der Waals surface area contributed by atoms with Crippen LogP contribution in [0.1, 0.15) is 76.8 Å². The molecule has 1 unspecified atom stereocenters. The fourth-order valence-electron chi connectivity index (χ4n) is 3.78. The summed E-state index contributed by atoms with van der Waals surface area (Å²) in [4.78, 5) is 0. The molecule has 0 aromatic heterocycles. The summed E-state index contributed by atoms with van der Waals surface area (Å²) in [6.45, 7) is 15.5. The van der Waals surface area contributed by atoms with Crippen LogP contribution < -0.4 is 10.5 Å². The standard InChI is InChI=1S/C25H37NO.ClH/c1-17(2)15-20-13-14-23(25(6,7)26)24(22(20)16-18(3)4)19(5)27-21-11-9-8-10-12-21;/h8-14,17-19H,15-16,26H2,1-7H3;1H. The van der Waals surface area contributed by atoms with Crippen LogP contribution in [-0.4, -0.2) is 0 Å². The third kappa shape index (κ3) is 6.53. The molecule has 3 heteroatoms. The summed E-state index contributed by atoms with van der Waals surface area (Å²) in [6, 6.07) is 14.6. The smallest absolute Gasteiger partial charge is 0.122 e. The number of hydrogen-bond acceptors (Lipinski definition) is 2. The van der Waals surface area contributed by atoms with E-state index in [4.69, 9.17) is 10.5 Å². The fourth-order valence-corrected chi connectivity index (χ4v) is 3.78. The molecule has 0 radical (unpaired) electrons. The fraction of sp³-hybridized carbons (Fsp3) is 0.520. The number of rotatable bonds is 8. The minimum atomic E-state index is -0.411. The average Bonchev–Trinajstić information content (AvgIpc) is 2.55. The van der Waals surface area contributed by atoms with Gasteiger partial charge in [-0.25, -0.2) is 0 Å². The molecule has 0 aliphatic carbocycles. The first kappa shape index (κ1) is 24.5. The minimum absolute atomic E-state index is 0. The molecule has 0 bridgehead atoms. The molecular weight excluding hydrogens is 366 g/mol. The van der Waals surface area contributed by atoms with Gasteiger partial charge in [0.05, 0.1) is 0 Å². The Bertz CT molecular complexity index is 732. The Morgan fingerprint density at radius 3 is 1.93 bits per heavy atom. The van der Waals surface area contributed by atoms with Crippen molar-refractivity contribution in [2.45, 2.75) is 73.0 Å². The SMILES string of the molecule is CC(C)Cc1ccc(C(C)(C)N)c(C(C)Oc2ccccc2)c1CC(C)C.Cl. The van der Waals surface area contributed by atoms with E-state index in [1.807, 2.05) is 30.3 Å². The molecule has 0 fully saturated rings. The molecule has 2 aromatic rings. The summed E-state index contributed by atoms with van der Waals surface area (Å²) in [6.07, 6.45) is 2.08. The highest BCUT2D eigenvalue weighted by Crippen LogP contribution is 2.36. The van der Waals surface area contributed by atoms with Crippen molar-refractivity contribution >= 4 is 12.4 Å². The first-order chi connectivity index (χ1) is 12.6. The van der Waals surface area contributed by atoms with Crippen LogP contribution in [0.15, 0.2) is 42.5 Å². The maximum atomic E-state index is 6.58. The molecule has 0 aliphatic rings. The van der Waals surface area contributed by atoms with Gasteiger partial charge < -0.3 is 10.5 Å². The number of para-hydroxylation sites is 1. The Kier molecular flexibility index (Phi) is 9.04. The number of nitrogens with two attached hydrogens (primary N) is 1. The van der Waals surface area contributed by atoms with Crippen LogP contribution in [0.25, 0.3) is 0 Å². The average molecular weight is 404 g/mol. The maximum Gasteiger partial charge on any atom is 0.122 e. The van der Waals surface area contributed by atoms with E-state index in [1.165, 1.54) is 22.3 Å². The van der Waals surface area contributed by atoms with Gasteiger partial charge in [-0.2, -0.15) is 0 Å². The first-order valence-electron chi connectivity index (χ1n) is 10.2. The van der Waals surface area contributed by atoms with E-state index in [2.05, 4.69) is 60.6 Å². The predicted octanol–water partition coefficient (Wildman–Crippen LogP) is 6.84. The van der Waals surface area contributed by atoms with Crippen molar-refractivity contribution in [2.24, 2.45) is 17.6 Å². The van der Waals surface area contributed by atoms with E-state index >= 15 is 0 Å². The molecule has 156 valence electrons. The molecule has 0 saturated heterocycles. The second kappa shape index (κ2) is 10.3. The van der Waals surface area contributed by atoms with E-state index in [-0.39, 0.29) is 18.5 Å². The van der Waals surface area contributed by atoms with Crippen LogP contribution in [0, 0.1) is 11.8 Å². The molecule has 2 aromatic carbocycles. The normalized spacial score (nSPS) is 12.8. The Balaban J connectivity index is 0.00000392. The predicted molar refractivity (Wildman–Crippen MR) is 123 cm³/mol. The van der Waals surface area contributed by atoms with Crippen LogP contribution in [0.2, 0.25) is 0 Å². The lowest BCUT2D eigenvalue weighted by atomic mass is 9.80. The molecule has 0 heterocycles. The van der Waals surface area contributed by atoms with E-state index in [0.29, 0.717) is 11.8 Å². The van der Waals surface area contributed by atoms with Gasteiger partial charge in [0.2, 0.25) is 0 Å². The Morgan fingerprint density at radius 2 is 1.43 bits per heavy atom. The second-order valence-electron chi connectivity index (χ2n) is 9.16. The van der Waals surface area contributed by atoms with E-state index in [0.717, 1.165) is 18.6 Å². The van der Waals surface area contributed by atoms with Crippen LogP contribution in [-0.2, 0) is 18.4 Å². The summed E-state index contributed by atoms with van der Waals surface area (Å²) < 4.78 is 6.36. The van der Waals surface area contributed by atoms with Crippen molar-refractivity contribution in [3.63, 3.8) is 0 Å². The maximum absolute atomic E-state index is 6.58. The van der Waals surface area contributed by atoms with Crippen molar-refractivity contribution in [3.05, 3.63) is 64.7 Å². The van der Waals surface area contributed by atoms with E-state index < -0.39 is 5.54 Å². The van der Waals surface area contributed by atoms with Gasteiger partial charge in [0.15, 0.2) is 0 Å². The molecule has 28 heavy (non-hydrogen) atoms. The van der Waals surface area contributed by atoms with E-state index in [9.17, 15) is 0 Å². The summed E-state index contributed by atoms with van der Waals surface area (Å²) in [5.74, 6) is 2.09. The van der Waals surface area contributed by atoms with Crippen molar-refractivity contribution in [1.29, 1.82) is 0 Å². The zero-order valence-electron chi connectivity index (χ0n) is 18.6. The summed E-state index contributed by atoms with van der Waals surface area (Å²) in [7, 11) is 0. The largest absolute Gasteiger partial charge is 0.486 e. The lowest BCUT2D eigenvalue weighted by molar-refractivity contribution is 0.222. The Labute approximate surface area is 178 Å². The zero-order chi connectivity index (χ0) is 20.2. The van der Waals surface area contributed by atoms with Crippen LogP contribution in [0.3, 0.4) is 0 Å². The van der Waals surface area contributed by atoms with Gasteiger partial charge in [0.25, 0.3) is 0 Å². The summed E-state index contributed by atoms with van der Waals surface area (Å²) in [5, 5.41) is 0. The van der Waals surface area contributed by atoms with Gasteiger partial charge in [-0.1, -0.05) is 58.0 Å². The molecule has 1 atom stereocenters. The number of hydrogen-bond donors (Lipinski definition) is 1. The minimum Gasteiger partial charge on any atom is -0.486 e. The molecular formula is C25H38ClNO. The van der Waals surface area contributed by atoms with Gasteiger partial charge in [0.1, 0.15) is 11.9 Å². The third-order valence-corrected chi connectivity index (χ3v) is 4.85. The lowest BCUT2D eigenvalue weighted by Gasteiger charge is -2.31. The van der Waals surface area contributed by atoms with Crippen LogP contribution in [0.5, 0.6) is 5.75 Å². The summed E-state index contributed by atoms with van der Waals surface area (Å²) in [5.41, 5.74) is 11.5. The number of halogens is 1. The highest BCUT2D eigenvalue weighted by molar-refractivity contribution is 5.85. The molecule has 0 amide bonds. The van der Waals surface area contributed by atoms with Crippen molar-refractivity contribution in [1.82, 2.24) is 0 Å². The molecule has 2 nitrogen and oxygen atoms in total. The molecule has 0 saturated carbocycles. The van der Waals surface area contributed by atoms with E-state index in [1.54, 1.807) is 0 Å². The number of benzene rings is 2. The third-order valence-electron chi connectivity index (χ3n) is 4.85. The molecule has 2 rings (SSSR count). The van der Waals surface area contributed by atoms with Gasteiger partial charge in [-0.3, -0.25) is 0 Å². The molecule has 0 spiro atoms. The van der Waals surface area contributed by atoms with Gasteiger partial charge >= 0.3 is 0 Å². The molecule has 2 N–H and O–H groups in total. The highest BCUT2D eigenvalue weighted by Gasteiger charge is 2.27. The lowest BCUT2D eigenvalue weighted by Crippen LogP contribution is -2.32.